The van der Waals surface area contributed by atoms with E-state index in [0.29, 0.717) is 22.4 Å². The normalized spacial score (nSPS) is 19.7. The average Bonchev–Trinajstić information content (AvgIpc) is 3.29. The Hall–Kier alpha value is -1.07. The molecular formula is C14H20N2O2S. The highest BCUT2D eigenvalue weighted by atomic mass is 32.2. The maximum absolute atomic E-state index is 12.5. The van der Waals surface area contributed by atoms with Crippen molar-refractivity contribution >= 4 is 15.7 Å². The molecule has 0 radical (unpaired) electrons. The zero-order valence-corrected chi connectivity index (χ0v) is 11.9. The smallest absolute Gasteiger partial charge is 0.242 e. The SMILES string of the molecule is CNc1ccccc1S(=O)(=O)NC(C1CC1)C1CC1. The lowest BCUT2D eigenvalue weighted by molar-refractivity contribution is 0.471. The molecule has 2 aliphatic carbocycles. The molecule has 0 heterocycles. The lowest BCUT2D eigenvalue weighted by Gasteiger charge is -2.19. The zero-order chi connectivity index (χ0) is 13.5. The standard InChI is InChI=1S/C14H20N2O2S/c1-15-12-4-2-3-5-13(12)19(17,18)16-14(10-6-7-10)11-8-9-11/h2-5,10-11,14-16H,6-9H2,1H3. The van der Waals surface area contributed by atoms with E-state index in [0.717, 1.165) is 25.7 Å². The second kappa shape index (κ2) is 4.80. The monoisotopic (exact) mass is 280 g/mol. The molecule has 5 heteroatoms. The Morgan fingerprint density at radius 1 is 1.11 bits per heavy atom. The van der Waals surface area contributed by atoms with E-state index < -0.39 is 10.0 Å². The van der Waals surface area contributed by atoms with Gasteiger partial charge in [-0.3, -0.25) is 0 Å². The van der Waals surface area contributed by atoms with Gasteiger partial charge in [-0.1, -0.05) is 12.1 Å². The summed E-state index contributed by atoms with van der Waals surface area (Å²) in [6.45, 7) is 0. The molecule has 0 spiro atoms. The maximum atomic E-state index is 12.5. The minimum atomic E-state index is -3.42. The molecule has 19 heavy (non-hydrogen) atoms. The molecule has 0 aliphatic heterocycles. The van der Waals surface area contributed by atoms with Crippen LogP contribution in [0.15, 0.2) is 29.2 Å². The molecular weight excluding hydrogens is 260 g/mol. The van der Waals surface area contributed by atoms with Crippen LogP contribution >= 0.6 is 0 Å². The van der Waals surface area contributed by atoms with Gasteiger partial charge in [0.2, 0.25) is 10.0 Å². The van der Waals surface area contributed by atoms with Gasteiger partial charge in [0.1, 0.15) is 4.90 Å². The van der Waals surface area contributed by atoms with Gasteiger partial charge in [0.25, 0.3) is 0 Å². The van der Waals surface area contributed by atoms with Crippen molar-refractivity contribution in [2.45, 2.75) is 36.6 Å². The molecule has 2 aliphatic rings. The molecule has 0 bridgehead atoms. The summed E-state index contributed by atoms with van der Waals surface area (Å²) in [7, 11) is -1.68. The summed E-state index contributed by atoms with van der Waals surface area (Å²) in [6, 6.07) is 7.20. The van der Waals surface area contributed by atoms with Crippen LogP contribution < -0.4 is 10.0 Å². The summed E-state index contributed by atoms with van der Waals surface area (Å²) < 4.78 is 28.0. The highest BCUT2D eigenvalue weighted by Crippen LogP contribution is 2.45. The van der Waals surface area contributed by atoms with Gasteiger partial charge in [0.05, 0.1) is 5.69 Å². The summed E-state index contributed by atoms with van der Waals surface area (Å²) in [5.41, 5.74) is 0.653. The van der Waals surface area contributed by atoms with Crippen molar-refractivity contribution < 1.29 is 8.42 Å². The number of benzene rings is 1. The van der Waals surface area contributed by atoms with Crippen LogP contribution in [0.4, 0.5) is 5.69 Å². The molecule has 0 saturated heterocycles. The van der Waals surface area contributed by atoms with Crippen molar-refractivity contribution in [1.82, 2.24) is 4.72 Å². The Kier molecular flexibility index (Phi) is 3.27. The van der Waals surface area contributed by atoms with Crippen molar-refractivity contribution in [3.8, 4) is 0 Å². The van der Waals surface area contributed by atoms with E-state index in [9.17, 15) is 8.42 Å². The molecule has 0 amide bonds. The van der Waals surface area contributed by atoms with E-state index in [1.165, 1.54) is 0 Å². The number of para-hydroxylation sites is 1. The molecule has 0 atom stereocenters. The van der Waals surface area contributed by atoms with Gasteiger partial charge in [-0.05, 0) is 49.7 Å². The Balaban J connectivity index is 1.85. The quantitative estimate of drug-likeness (QED) is 0.840. The number of hydrogen-bond acceptors (Lipinski definition) is 3. The van der Waals surface area contributed by atoms with Gasteiger partial charge in [-0.25, -0.2) is 13.1 Å². The lowest BCUT2D eigenvalue weighted by atomic mass is 10.1. The maximum Gasteiger partial charge on any atom is 0.242 e. The highest BCUT2D eigenvalue weighted by molar-refractivity contribution is 7.89. The van der Waals surface area contributed by atoms with Crippen molar-refractivity contribution in [1.29, 1.82) is 0 Å². The van der Waals surface area contributed by atoms with Crippen molar-refractivity contribution in [2.75, 3.05) is 12.4 Å². The first-order valence-corrected chi connectivity index (χ1v) is 8.39. The van der Waals surface area contributed by atoms with E-state index in [4.69, 9.17) is 0 Å². The summed E-state index contributed by atoms with van der Waals surface area (Å²) in [5.74, 6) is 1.12. The summed E-state index contributed by atoms with van der Waals surface area (Å²) in [4.78, 5) is 0.351. The Labute approximate surface area is 114 Å². The van der Waals surface area contributed by atoms with E-state index in [-0.39, 0.29) is 6.04 Å². The van der Waals surface area contributed by atoms with Gasteiger partial charge in [0.15, 0.2) is 0 Å². The second-order valence-electron chi connectivity index (χ2n) is 5.57. The molecule has 0 aromatic heterocycles. The Morgan fingerprint density at radius 3 is 2.21 bits per heavy atom. The first-order valence-electron chi connectivity index (χ1n) is 6.91. The number of anilines is 1. The Bertz CT molecular complexity index is 551. The molecule has 3 rings (SSSR count). The van der Waals surface area contributed by atoms with Crippen LogP contribution in [0, 0.1) is 11.8 Å². The van der Waals surface area contributed by atoms with Crippen LogP contribution in [-0.2, 0) is 10.0 Å². The molecule has 1 aromatic rings. The molecule has 4 nitrogen and oxygen atoms in total. The van der Waals surface area contributed by atoms with Crippen LogP contribution in [0.3, 0.4) is 0 Å². The number of rotatable bonds is 6. The third-order valence-corrected chi connectivity index (χ3v) is 5.51. The van der Waals surface area contributed by atoms with Crippen LogP contribution in [0.25, 0.3) is 0 Å². The third-order valence-electron chi connectivity index (χ3n) is 4.00. The first-order chi connectivity index (χ1) is 9.12. The van der Waals surface area contributed by atoms with Crippen LogP contribution in [0.5, 0.6) is 0 Å². The fourth-order valence-electron chi connectivity index (χ4n) is 2.64. The predicted molar refractivity (Wildman–Crippen MR) is 75.5 cm³/mol. The number of sulfonamides is 1. The predicted octanol–water partition coefficient (Wildman–Crippen LogP) is 2.20. The average molecular weight is 280 g/mol. The van der Waals surface area contributed by atoms with Crippen LogP contribution in [0.1, 0.15) is 25.7 Å². The van der Waals surface area contributed by atoms with Crippen molar-refractivity contribution in [3.63, 3.8) is 0 Å². The van der Waals surface area contributed by atoms with Gasteiger partial charge in [0, 0.05) is 13.1 Å². The summed E-state index contributed by atoms with van der Waals surface area (Å²) in [5, 5.41) is 2.95. The van der Waals surface area contributed by atoms with Gasteiger partial charge in [-0.15, -0.1) is 0 Å². The fraction of sp³-hybridized carbons (Fsp3) is 0.571. The van der Waals surface area contributed by atoms with Crippen LogP contribution in [0.2, 0.25) is 0 Å². The van der Waals surface area contributed by atoms with E-state index in [1.54, 1.807) is 25.2 Å². The first kappa shape index (κ1) is 12.9. The molecule has 2 N–H and O–H groups in total. The third kappa shape index (κ3) is 2.77. The molecule has 1 aromatic carbocycles. The van der Waals surface area contributed by atoms with E-state index in [1.807, 2.05) is 6.07 Å². The van der Waals surface area contributed by atoms with Crippen molar-refractivity contribution in [3.05, 3.63) is 24.3 Å². The minimum Gasteiger partial charge on any atom is -0.387 e. The molecule has 2 fully saturated rings. The van der Waals surface area contributed by atoms with E-state index in [2.05, 4.69) is 10.0 Å². The molecule has 2 saturated carbocycles. The molecule has 104 valence electrons. The largest absolute Gasteiger partial charge is 0.387 e. The zero-order valence-electron chi connectivity index (χ0n) is 11.1. The van der Waals surface area contributed by atoms with Gasteiger partial charge in [-0.2, -0.15) is 0 Å². The minimum absolute atomic E-state index is 0.148. The highest BCUT2D eigenvalue weighted by Gasteiger charge is 2.43. The van der Waals surface area contributed by atoms with E-state index >= 15 is 0 Å². The topological polar surface area (TPSA) is 58.2 Å². The lowest BCUT2D eigenvalue weighted by Crippen LogP contribution is -2.38. The van der Waals surface area contributed by atoms with Gasteiger partial charge >= 0.3 is 0 Å². The second-order valence-corrected chi connectivity index (χ2v) is 7.25. The summed E-state index contributed by atoms with van der Waals surface area (Å²) >= 11 is 0. The van der Waals surface area contributed by atoms with Crippen LogP contribution in [-0.4, -0.2) is 21.5 Å². The number of hydrogen-bond donors (Lipinski definition) is 2. The fourth-order valence-corrected chi connectivity index (χ4v) is 4.23. The van der Waals surface area contributed by atoms with Gasteiger partial charge < -0.3 is 5.32 Å². The molecule has 0 unspecified atom stereocenters. The number of nitrogens with one attached hydrogen (secondary N) is 2. The Morgan fingerprint density at radius 2 is 1.68 bits per heavy atom. The summed E-state index contributed by atoms with van der Waals surface area (Å²) in [6.07, 6.45) is 4.66. The van der Waals surface area contributed by atoms with Crippen molar-refractivity contribution in [2.24, 2.45) is 11.8 Å².